The highest BCUT2D eigenvalue weighted by Crippen LogP contribution is 2.42. The van der Waals surface area contributed by atoms with Gasteiger partial charge in [0.05, 0.1) is 40.2 Å². The molecule has 2 fully saturated rings. The summed E-state index contributed by atoms with van der Waals surface area (Å²) >= 11 is 20.8. The van der Waals surface area contributed by atoms with E-state index in [2.05, 4.69) is 15.6 Å². The fourth-order valence-corrected chi connectivity index (χ4v) is 7.76. The monoisotopic (exact) mass is 692 g/mol. The van der Waals surface area contributed by atoms with Gasteiger partial charge in [0, 0.05) is 43.5 Å². The van der Waals surface area contributed by atoms with E-state index in [1.165, 1.54) is 11.3 Å². The van der Waals surface area contributed by atoms with E-state index in [4.69, 9.17) is 53.8 Å². The van der Waals surface area contributed by atoms with E-state index in [0.29, 0.717) is 57.0 Å². The molecule has 1 amide bonds. The van der Waals surface area contributed by atoms with Crippen molar-refractivity contribution in [3.05, 3.63) is 67.1 Å². The topological polar surface area (TPSA) is 94.2 Å². The third kappa shape index (κ3) is 7.01. The van der Waals surface area contributed by atoms with Gasteiger partial charge in [0.15, 0.2) is 17.2 Å². The first-order valence-electron chi connectivity index (χ1n) is 14.8. The summed E-state index contributed by atoms with van der Waals surface area (Å²) in [6, 6.07) is 7.59. The summed E-state index contributed by atoms with van der Waals surface area (Å²) in [5.74, 6) is 1.46. The van der Waals surface area contributed by atoms with E-state index in [0.717, 1.165) is 46.5 Å². The number of carbonyl (C=O) groups excluding carboxylic acids is 1. The SMILES string of the molecule is COc1ccc(CN(C(=O)C2=C(c3cnc(OCCOc4c(Cl)cc(C)cc4Cl)s3)C[C@@H]3CNC[C@H]2N3)C2CC2)c(Cl)c1OC. The minimum Gasteiger partial charge on any atom is -0.493 e. The Morgan fingerprint density at radius 1 is 1.04 bits per heavy atom. The molecule has 1 aromatic heterocycles. The van der Waals surface area contributed by atoms with Crippen LogP contribution in [0.2, 0.25) is 15.1 Å². The maximum Gasteiger partial charge on any atom is 0.273 e. The molecule has 9 nitrogen and oxygen atoms in total. The molecule has 2 atom stereocenters. The highest BCUT2D eigenvalue weighted by atomic mass is 35.5. The highest BCUT2D eigenvalue weighted by molar-refractivity contribution is 7.14. The highest BCUT2D eigenvalue weighted by Gasteiger charge is 2.41. The molecule has 240 valence electrons. The lowest BCUT2D eigenvalue weighted by Gasteiger charge is -2.40. The molecule has 2 aromatic carbocycles. The predicted molar refractivity (Wildman–Crippen MR) is 178 cm³/mol. The quantitative estimate of drug-likeness (QED) is 0.218. The molecule has 1 saturated heterocycles. The summed E-state index contributed by atoms with van der Waals surface area (Å²) in [7, 11) is 3.13. The molecule has 0 unspecified atom stereocenters. The molecule has 1 aliphatic carbocycles. The molecule has 0 spiro atoms. The second-order valence-corrected chi connectivity index (χ2v) is 13.5. The van der Waals surface area contributed by atoms with E-state index in [9.17, 15) is 4.79 Å². The first kappa shape index (κ1) is 32.2. The maximum atomic E-state index is 14.5. The fraction of sp³-hybridized carbons (Fsp3) is 0.438. The number of halogens is 3. The Labute approximate surface area is 281 Å². The molecular weight excluding hydrogens is 659 g/mol. The van der Waals surface area contributed by atoms with Crippen LogP contribution in [-0.4, -0.2) is 74.4 Å². The Morgan fingerprint density at radius 2 is 1.80 bits per heavy atom. The molecule has 2 aliphatic heterocycles. The Kier molecular flexibility index (Phi) is 9.99. The van der Waals surface area contributed by atoms with Gasteiger partial charge >= 0.3 is 0 Å². The third-order valence-electron chi connectivity index (χ3n) is 8.16. The Bertz CT molecular complexity index is 1590. The number of methoxy groups -OCH3 is 2. The number of hydrogen-bond donors (Lipinski definition) is 2. The van der Waals surface area contributed by atoms with Crippen LogP contribution in [-0.2, 0) is 11.3 Å². The van der Waals surface area contributed by atoms with Crippen molar-refractivity contribution >= 4 is 57.6 Å². The summed E-state index contributed by atoms with van der Waals surface area (Å²) in [5, 5.41) is 9.03. The maximum absolute atomic E-state index is 14.5. The van der Waals surface area contributed by atoms with Crippen molar-refractivity contribution in [3.63, 3.8) is 0 Å². The molecule has 3 heterocycles. The van der Waals surface area contributed by atoms with Gasteiger partial charge in [-0.1, -0.05) is 52.2 Å². The van der Waals surface area contributed by atoms with Gasteiger partial charge in [-0.15, -0.1) is 0 Å². The molecule has 3 aromatic rings. The summed E-state index contributed by atoms with van der Waals surface area (Å²) in [4.78, 5) is 21.9. The molecule has 6 rings (SSSR count). The minimum absolute atomic E-state index is 0.00845. The lowest BCUT2D eigenvalue weighted by atomic mass is 9.86. The Hall–Kier alpha value is -2.73. The number of aryl methyl sites for hydroxylation is 1. The van der Waals surface area contributed by atoms with Crippen molar-refractivity contribution in [2.24, 2.45) is 0 Å². The molecule has 45 heavy (non-hydrogen) atoms. The number of nitrogens with one attached hydrogen (secondary N) is 2. The van der Waals surface area contributed by atoms with Gasteiger partial charge < -0.3 is 34.5 Å². The molecule has 0 radical (unpaired) electrons. The van der Waals surface area contributed by atoms with Gasteiger partial charge in [0.25, 0.3) is 11.1 Å². The lowest BCUT2D eigenvalue weighted by molar-refractivity contribution is -0.128. The van der Waals surface area contributed by atoms with Crippen LogP contribution in [0.3, 0.4) is 0 Å². The number of rotatable bonds is 12. The van der Waals surface area contributed by atoms with Gasteiger partial charge in [-0.05, 0) is 61.1 Å². The van der Waals surface area contributed by atoms with Crippen LogP contribution < -0.4 is 29.6 Å². The number of hydrogen-bond acceptors (Lipinski definition) is 9. The Morgan fingerprint density at radius 3 is 2.51 bits per heavy atom. The number of benzene rings is 2. The van der Waals surface area contributed by atoms with Crippen molar-refractivity contribution in [3.8, 4) is 22.4 Å². The molecular formula is C32H35Cl3N4O5S. The lowest BCUT2D eigenvalue weighted by Crippen LogP contribution is -2.59. The summed E-state index contributed by atoms with van der Waals surface area (Å²) in [6.07, 6.45) is 4.42. The van der Waals surface area contributed by atoms with Crippen molar-refractivity contribution in [2.45, 2.75) is 50.9 Å². The smallest absolute Gasteiger partial charge is 0.273 e. The van der Waals surface area contributed by atoms with Crippen LogP contribution in [0, 0.1) is 6.92 Å². The summed E-state index contributed by atoms with van der Waals surface area (Å²) < 4.78 is 22.7. The fourth-order valence-electron chi connectivity index (χ4n) is 5.90. The average Bonchev–Trinajstić information content (AvgIpc) is 3.75. The third-order valence-corrected chi connectivity index (χ3v) is 10.1. The first-order valence-corrected chi connectivity index (χ1v) is 16.8. The molecule has 2 N–H and O–H groups in total. The van der Waals surface area contributed by atoms with Crippen LogP contribution >= 0.6 is 46.1 Å². The van der Waals surface area contributed by atoms with E-state index in [1.807, 2.05) is 24.0 Å². The zero-order chi connectivity index (χ0) is 31.7. The molecule has 1 saturated carbocycles. The van der Waals surface area contributed by atoms with E-state index < -0.39 is 0 Å². The number of aromatic nitrogens is 1. The zero-order valence-electron chi connectivity index (χ0n) is 25.3. The summed E-state index contributed by atoms with van der Waals surface area (Å²) in [5.41, 5.74) is 3.55. The Balaban J connectivity index is 1.22. The zero-order valence-corrected chi connectivity index (χ0v) is 28.3. The number of amides is 1. The second-order valence-electron chi connectivity index (χ2n) is 11.4. The van der Waals surface area contributed by atoms with Crippen molar-refractivity contribution in [1.82, 2.24) is 20.5 Å². The number of fused-ring (bicyclic) bond motifs is 2. The number of carbonyl (C=O) groups is 1. The molecule has 2 bridgehead atoms. The van der Waals surface area contributed by atoms with Crippen LogP contribution in [0.5, 0.6) is 22.4 Å². The van der Waals surface area contributed by atoms with E-state index in [-0.39, 0.29) is 37.2 Å². The van der Waals surface area contributed by atoms with Crippen molar-refractivity contribution in [1.29, 1.82) is 0 Å². The van der Waals surface area contributed by atoms with Gasteiger partial charge in [0.2, 0.25) is 0 Å². The first-order chi connectivity index (χ1) is 21.8. The number of nitrogens with zero attached hydrogens (tertiary/aromatic N) is 2. The predicted octanol–water partition coefficient (Wildman–Crippen LogP) is 6.17. The second kappa shape index (κ2) is 13.9. The van der Waals surface area contributed by atoms with E-state index in [1.54, 1.807) is 32.5 Å². The van der Waals surface area contributed by atoms with Gasteiger partial charge in [-0.3, -0.25) is 4.79 Å². The van der Waals surface area contributed by atoms with Crippen LogP contribution in [0.1, 0.15) is 35.3 Å². The normalized spacial score (nSPS) is 19.3. The van der Waals surface area contributed by atoms with Gasteiger partial charge in [-0.2, -0.15) is 0 Å². The van der Waals surface area contributed by atoms with Crippen molar-refractivity contribution < 1.29 is 23.7 Å². The number of thiazole rings is 1. The number of ether oxygens (including phenoxy) is 4. The minimum atomic E-state index is -0.119. The standard InChI is InChI=1S/C32H35Cl3N4O5S/c1-17-10-22(33)29(23(34)11-17)43-8-9-44-32-37-15-26(45-32)21-12-19-13-36-14-24(38-19)27(21)31(40)39(20-5-6-20)16-18-4-7-25(41-2)30(42-3)28(18)35/h4,7,10-11,15,19-20,24,36,38H,5-6,8-9,12-14,16H2,1-3H3/t19-,24-/m1/s1. The van der Waals surface area contributed by atoms with Crippen LogP contribution in [0.15, 0.2) is 36.0 Å². The average molecular weight is 694 g/mol. The largest absolute Gasteiger partial charge is 0.493 e. The van der Waals surface area contributed by atoms with Crippen LogP contribution in [0.4, 0.5) is 0 Å². The molecule has 13 heteroatoms. The molecule has 3 aliphatic rings. The van der Waals surface area contributed by atoms with Crippen molar-refractivity contribution in [2.75, 3.05) is 40.5 Å². The van der Waals surface area contributed by atoms with Gasteiger partial charge in [0.1, 0.15) is 13.2 Å². The van der Waals surface area contributed by atoms with Crippen LogP contribution in [0.25, 0.3) is 5.57 Å². The van der Waals surface area contributed by atoms with E-state index >= 15 is 0 Å². The summed E-state index contributed by atoms with van der Waals surface area (Å²) in [6.45, 7) is 4.30. The van der Waals surface area contributed by atoms with Gasteiger partial charge in [-0.25, -0.2) is 4.98 Å². The number of piperazine rings is 1.